The first-order chi connectivity index (χ1) is 13.9. The molecular weight excluding hydrogens is 418 g/mol. The summed E-state index contributed by atoms with van der Waals surface area (Å²) < 4.78 is 82.4. The molecule has 0 heterocycles. The van der Waals surface area contributed by atoms with Gasteiger partial charge in [-0.2, -0.15) is 26.3 Å². The number of halogens is 6. The molecule has 2 aromatic carbocycles. The summed E-state index contributed by atoms with van der Waals surface area (Å²) in [6.07, 6.45) is -11.9. The molecule has 0 spiro atoms. The molecule has 0 bridgehead atoms. The van der Waals surface area contributed by atoms with Gasteiger partial charge in [-0.25, -0.2) is 0 Å². The van der Waals surface area contributed by atoms with Gasteiger partial charge in [0.15, 0.2) is 0 Å². The lowest BCUT2D eigenvalue weighted by atomic mass is 9.92. The minimum Gasteiger partial charge on any atom is -0.383 e. The molecule has 0 unspecified atom stereocenters. The number of rotatable bonds is 7. The fraction of sp³-hybridized carbons (Fsp3) is 0.316. The van der Waals surface area contributed by atoms with Crippen LogP contribution < -0.4 is 10.6 Å². The Morgan fingerprint density at radius 1 is 0.967 bits per heavy atom. The summed E-state index contributed by atoms with van der Waals surface area (Å²) >= 11 is 0. The number of carbonyl (C=O) groups excluding carboxylic acids is 1. The molecular formula is C19H18F6N2O3. The zero-order valence-corrected chi connectivity index (χ0v) is 15.6. The Morgan fingerprint density at radius 3 is 2.10 bits per heavy atom. The van der Waals surface area contributed by atoms with E-state index in [1.807, 2.05) is 0 Å². The van der Waals surface area contributed by atoms with Gasteiger partial charge in [-0.3, -0.25) is 4.79 Å². The van der Waals surface area contributed by atoms with Gasteiger partial charge in [-0.15, -0.1) is 0 Å². The Hall–Kier alpha value is -2.79. The van der Waals surface area contributed by atoms with Gasteiger partial charge in [-0.05, 0) is 30.3 Å². The standard InChI is InChI=1S/C19H18F6N2O3/c1-30-10-9-26-16(28)12-3-2-4-15(11-12)27-14-7-5-13(6-8-14)17(29,18(20,21)22)19(23,24)25/h2-8,11,27,29H,9-10H2,1H3,(H,26,28). The van der Waals surface area contributed by atoms with E-state index in [4.69, 9.17) is 4.74 Å². The van der Waals surface area contributed by atoms with E-state index in [-0.39, 0.29) is 23.7 Å². The van der Waals surface area contributed by atoms with Gasteiger partial charge in [0.05, 0.1) is 6.61 Å². The molecule has 2 aromatic rings. The first-order valence-corrected chi connectivity index (χ1v) is 8.50. The van der Waals surface area contributed by atoms with E-state index < -0.39 is 23.5 Å². The molecule has 2 rings (SSSR count). The minimum absolute atomic E-state index is 0.155. The Bertz CT molecular complexity index is 852. The molecule has 0 aliphatic heterocycles. The van der Waals surface area contributed by atoms with Crippen LogP contribution in [0.4, 0.5) is 37.7 Å². The molecule has 0 fully saturated rings. The number of alkyl halides is 6. The molecule has 11 heteroatoms. The molecule has 1 amide bonds. The normalized spacial score (nSPS) is 12.5. The number of benzene rings is 2. The average molecular weight is 436 g/mol. The van der Waals surface area contributed by atoms with Crippen molar-refractivity contribution in [1.82, 2.24) is 5.32 Å². The van der Waals surface area contributed by atoms with Crippen LogP contribution in [0.3, 0.4) is 0 Å². The summed E-state index contributed by atoms with van der Waals surface area (Å²) in [6.45, 7) is 0.605. The number of ether oxygens (including phenoxy) is 1. The van der Waals surface area contributed by atoms with E-state index in [0.717, 1.165) is 12.1 Å². The van der Waals surface area contributed by atoms with E-state index in [2.05, 4.69) is 10.6 Å². The summed E-state index contributed by atoms with van der Waals surface area (Å²) in [6, 6.07) is 9.08. The largest absolute Gasteiger partial charge is 0.430 e. The highest BCUT2D eigenvalue weighted by Gasteiger charge is 2.71. The summed E-state index contributed by atoms with van der Waals surface area (Å²) in [5, 5.41) is 14.8. The van der Waals surface area contributed by atoms with E-state index in [1.165, 1.54) is 19.2 Å². The lowest BCUT2D eigenvalue weighted by molar-refractivity contribution is -0.376. The lowest BCUT2D eigenvalue weighted by Gasteiger charge is -2.32. The number of methoxy groups -OCH3 is 1. The SMILES string of the molecule is COCCNC(=O)c1cccc(Nc2ccc(C(O)(C(F)(F)F)C(F)(F)F)cc2)c1. The van der Waals surface area contributed by atoms with Crippen molar-refractivity contribution in [2.24, 2.45) is 0 Å². The van der Waals surface area contributed by atoms with Gasteiger partial charge < -0.3 is 20.5 Å². The molecule has 0 aromatic heterocycles. The number of aliphatic hydroxyl groups is 1. The fourth-order valence-electron chi connectivity index (χ4n) is 2.56. The van der Waals surface area contributed by atoms with Crippen molar-refractivity contribution < 1.29 is 41.0 Å². The first-order valence-electron chi connectivity index (χ1n) is 8.50. The molecule has 5 nitrogen and oxygen atoms in total. The summed E-state index contributed by atoms with van der Waals surface area (Å²) in [5.74, 6) is -0.383. The number of amides is 1. The van der Waals surface area contributed by atoms with Crippen LogP contribution in [-0.4, -0.2) is 43.6 Å². The summed E-state index contributed by atoms with van der Waals surface area (Å²) in [7, 11) is 1.48. The van der Waals surface area contributed by atoms with Gasteiger partial charge in [-0.1, -0.05) is 18.2 Å². The third-order valence-electron chi connectivity index (χ3n) is 4.13. The lowest BCUT2D eigenvalue weighted by Crippen LogP contribution is -2.53. The highest BCUT2D eigenvalue weighted by atomic mass is 19.4. The van der Waals surface area contributed by atoms with Crippen molar-refractivity contribution in [2.45, 2.75) is 18.0 Å². The number of hydrogen-bond donors (Lipinski definition) is 3. The van der Waals surface area contributed by atoms with Crippen LogP contribution in [0.5, 0.6) is 0 Å². The highest BCUT2D eigenvalue weighted by molar-refractivity contribution is 5.95. The zero-order chi connectivity index (χ0) is 22.6. The van der Waals surface area contributed by atoms with Crippen molar-refractivity contribution >= 4 is 17.3 Å². The fourth-order valence-corrected chi connectivity index (χ4v) is 2.56. The maximum Gasteiger partial charge on any atom is 0.430 e. The molecule has 3 N–H and O–H groups in total. The monoisotopic (exact) mass is 436 g/mol. The van der Waals surface area contributed by atoms with Crippen molar-refractivity contribution in [1.29, 1.82) is 0 Å². The number of carbonyl (C=O) groups is 1. The van der Waals surface area contributed by atoms with E-state index in [0.29, 0.717) is 24.4 Å². The molecule has 0 atom stereocenters. The quantitative estimate of drug-likeness (QED) is 0.451. The molecule has 30 heavy (non-hydrogen) atoms. The number of nitrogens with one attached hydrogen (secondary N) is 2. The van der Waals surface area contributed by atoms with Crippen molar-refractivity contribution in [3.05, 3.63) is 59.7 Å². The van der Waals surface area contributed by atoms with Crippen LogP contribution in [-0.2, 0) is 10.3 Å². The Balaban J connectivity index is 2.20. The van der Waals surface area contributed by atoms with Crippen LogP contribution in [0.15, 0.2) is 48.5 Å². The minimum atomic E-state index is -5.95. The molecule has 0 aliphatic carbocycles. The van der Waals surface area contributed by atoms with Crippen LogP contribution in [0, 0.1) is 0 Å². The van der Waals surface area contributed by atoms with Gasteiger partial charge in [0, 0.05) is 36.2 Å². The maximum absolute atomic E-state index is 12.9. The zero-order valence-electron chi connectivity index (χ0n) is 15.6. The smallest absolute Gasteiger partial charge is 0.383 e. The van der Waals surface area contributed by atoms with Crippen LogP contribution in [0.2, 0.25) is 0 Å². The van der Waals surface area contributed by atoms with Crippen LogP contribution in [0.25, 0.3) is 0 Å². The average Bonchev–Trinajstić information content (AvgIpc) is 2.66. The molecule has 0 radical (unpaired) electrons. The van der Waals surface area contributed by atoms with E-state index >= 15 is 0 Å². The van der Waals surface area contributed by atoms with Gasteiger partial charge in [0.1, 0.15) is 0 Å². The Morgan fingerprint density at radius 2 is 1.57 bits per heavy atom. The van der Waals surface area contributed by atoms with Crippen molar-refractivity contribution in [2.75, 3.05) is 25.6 Å². The van der Waals surface area contributed by atoms with Gasteiger partial charge in [0.25, 0.3) is 11.5 Å². The van der Waals surface area contributed by atoms with Crippen molar-refractivity contribution in [3.63, 3.8) is 0 Å². The van der Waals surface area contributed by atoms with Crippen LogP contribution in [0.1, 0.15) is 15.9 Å². The third kappa shape index (κ3) is 5.03. The molecule has 0 aliphatic rings. The topological polar surface area (TPSA) is 70.6 Å². The predicted molar refractivity (Wildman–Crippen MR) is 96.4 cm³/mol. The summed E-state index contributed by atoms with van der Waals surface area (Å²) in [4.78, 5) is 12.0. The molecule has 0 saturated heterocycles. The third-order valence-corrected chi connectivity index (χ3v) is 4.13. The number of anilines is 2. The predicted octanol–water partition coefficient (Wildman–Crippen LogP) is 4.12. The first kappa shape index (κ1) is 23.5. The highest BCUT2D eigenvalue weighted by Crippen LogP contribution is 2.50. The second-order valence-electron chi connectivity index (χ2n) is 6.24. The maximum atomic E-state index is 12.9. The second-order valence-corrected chi connectivity index (χ2v) is 6.24. The van der Waals surface area contributed by atoms with Gasteiger partial charge in [0.2, 0.25) is 0 Å². The Kier molecular flexibility index (Phi) is 6.99. The van der Waals surface area contributed by atoms with E-state index in [1.54, 1.807) is 12.1 Å². The molecule has 164 valence electrons. The molecule has 0 saturated carbocycles. The second kappa shape index (κ2) is 8.92. The van der Waals surface area contributed by atoms with Crippen LogP contribution >= 0.6 is 0 Å². The van der Waals surface area contributed by atoms with Gasteiger partial charge >= 0.3 is 12.4 Å². The van der Waals surface area contributed by atoms with Crippen molar-refractivity contribution in [3.8, 4) is 0 Å². The Labute approximate surface area is 167 Å². The van der Waals surface area contributed by atoms with E-state index in [9.17, 15) is 36.2 Å². The number of hydrogen-bond acceptors (Lipinski definition) is 4. The summed E-state index contributed by atoms with van der Waals surface area (Å²) in [5.41, 5.74) is -5.53.